The van der Waals surface area contributed by atoms with Crippen LogP contribution in [0.4, 0.5) is 5.69 Å². The molecule has 0 radical (unpaired) electrons. The van der Waals surface area contributed by atoms with Crippen molar-refractivity contribution in [2.45, 2.75) is 33.2 Å². The molecule has 1 atom stereocenters. The van der Waals surface area contributed by atoms with Crippen LogP contribution in [0.15, 0.2) is 24.3 Å². The first-order valence-corrected chi connectivity index (χ1v) is 9.12. The molecule has 124 valence electrons. The minimum Gasteiger partial charge on any atom is -0.494 e. The zero-order valence-corrected chi connectivity index (χ0v) is 14.3. The number of ether oxygens (including phenoxy) is 1. The van der Waals surface area contributed by atoms with Gasteiger partial charge in [0.2, 0.25) is 15.9 Å². The first-order valence-electron chi connectivity index (χ1n) is 7.27. The number of anilines is 1. The fourth-order valence-electron chi connectivity index (χ4n) is 1.83. The van der Waals surface area contributed by atoms with Crippen molar-refractivity contribution >= 4 is 21.6 Å². The molecule has 0 aliphatic rings. The normalized spacial score (nSPS) is 12.5. The highest BCUT2D eigenvalue weighted by molar-refractivity contribution is 7.92. The van der Waals surface area contributed by atoms with Crippen molar-refractivity contribution in [1.82, 2.24) is 5.32 Å². The van der Waals surface area contributed by atoms with Crippen LogP contribution in [-0.4, -0.2) is 39.8 Å². The molecular weight excluding hydrogens is 304 g/mol. The van der Waals surface area contributed by atoms with E-state index in [0.717, 1.165) is 17.0 Å². The van der Waals surface area contributed by atoms with E-state index in [-0.39, 0.29) is 18.5 Å². The summed E-state index contributed by atoms with van der Waals surface area (Å²) in [5.41, 5.74) is 0.435. The summed E-state index contributed by atoms with van der Waals surface area (Å²) in [5.74, 6) is 0.331. The summed E-state index contributed by atoms with van der Waals surface area (Å²) in [6.45, 7) is 5.99. The maximum Gasteiger partial charge on any atom is 0.240 e. The quantitative estimate of drug-likeness (QED) is 0.789. The van der Waals surface area contributed by atoms with Gasteiger partial charge >= 0.3 is 0 Å². The van der Waals surface area contributed by atoms with Crippen LogP contribution in [0, 0.1) is 0 Å². The van der Waals surface area contributed by atoms with Gasteiger partial charge in [-0.2, -0.15) is 0 Å². The average Bonchev–Trinajstić information content (AvgIpc) is 2.45. The van der Waals surface area contributed by atoms with E-state index in [1.807, 2.05) is 20.8 Å². The Morgan fingerprint density at radius 2 is 1.86 bits per heavy atom. The summed E-state index contributed by atoms with van der Waals surface area (Å²) in [6, 6.07) is 6.63. The molecule has 1 amide bonds. The van der Waals surface area contributed by atoms with Crippen LogP contribution in [0.5, 0.6) is 5.75 Å². The maximum absolute atomic E-state index is 12.0. The van der Waals surface area contributed by atoms with Gasteiger partial charge in [0.1, 0.15) is 12.3 Å². The largest absolute Gasteiger partial charge is 0.494 e. The third-order valence-corrected chi connectivity index (χ3v) is 4.28. The number of nitrogens with one attached hydrogen (secondary N) is 1. The van der Waals surface area contributed by atoms with Gasteiger partial charge < -0.3 is 10.1 Å². The van der Waals surface area contributed by atoms with Gasteiger partial charge in [-0.05, 0) is 44.5 Å². The Balaban J connectivity index is 2.92. The van der Waals surface area contributed by atoms with Gasteiger partial charge in [0, 0.05) is 6.04 Å². The zero-order valence-electron chi connectivity index (χ0n) is 13.5. The van der Waals surface area contributed by atoms with Crippen LogP contribution in [0.25, 0.3) is 0 Å². The molecule has 1 N–H and O–H groups in total. The molecule has 0 heterocycles. The van der Waals surface area contributed by atoms with E-state index in [9.17, 15) is 13.2 Å². The number of carbonyl (C=O) groups excluding carboxylic acids is 1. The summed E-state index contributed by atoms with van der Waals surface area (Å²) in [7, 11) is -3.55. The highest BCUT2D eigenvalue weighted by atomic mass is 32.2. The Kier molecular flexibility index (Phi) is 6.67. The number of sulfonamides is 1. The number of rotatable bonds is 8. The van der Waals surface area contributed by atoms with E-state index in [1.54, 1.807) is 24.3 Å². The van der Waals surface area contributed by atoms with Gasteiger partial charge in [-0.3, -0.25) is 9.10 Å². The van der Waals surface area contributed by atoms with Gasteiger partial charge in [-0.25, -0.2) is 8.42 Å². The second kappa shape index (κ2) is 8.03. The molecule has 1 rings (SSSR count). The molecule has 6 nitrogen and oxygen atoms in total. The van der Waals surface area contributed by atoms with E-state index < -0.39 is 10.0 Å². The lowest BCUT2D eigenvalue weighted by molar-refractivity contribution is -0.120. The van der Waals surface area contributed by atoms with E-state index in [1.165, 1.54) is 0 Å². The van der Waals surface area contributed by atoms with E-state index in [4.69, 9.17) is 4.74 Å². The predicted molar refractivity (Wildman–Crippen MR) is 87.7 cm³/mol. The van der Waals surface area contributed by atoms with Crippen LogP contribution in [0.2, 0.25) is 0 Å². The van der Waals surface area contributed by atoms with E-state index in [2.05, 4.69) is 5.32 Å². The topological polar surface area (TPSA) is 75.7 Å². The second-order valence-corrected chi connectivity index (χ2v) is 6.98. The van der Waals surface area contributed by atoms with Crippen LogP contribution >= 0.6 is 0 Å². The number of hydrogen-bond donors (Lipinski definition) is 1. The van der Waals surface area contributed by atoms with Crippen LogP contribution in [0.1, 0.15) is 27.2 Å². The number of hydrogen-bond acceptors (Lipinski definition) is 4. The smallest absolute Gasteiger partial charge is 0.240 e. The lowest BCUT2D eigenvalue weighted by Gasteiger charge is -2.23. The third-order valence-electron chi connectivity index (χ3n) is 3.14. The van der Waals surface area contributed by atoms with Crippen molar-refractivity contribution in [1.29, 1.82) is 0 Å². The fraction of sp³-hybridized carbons (Fsp3) is 0.533. The lowest BCUT2D eigenvalue weighted by Crippen LogP contribution is -2.43. The SMILES string of the molecule is CCOc1ccc(N(CC(=O)N[C@H](C)CC)S(C)(=O)=O)cc1. The molecule has 1 aromatic rings. The molecule has 0 saturated heterocycles. The molecule has 0 aliphatic carbocycles. The van der Waals surface area contributed by atoms with Gasteiger partial charge in [0.25, 0.3) is 0 Å². The Morgan fingerprint density at radius 3 is 2.32 bits per heavy atom. The highest BCUT2D eigenvalue weighted by Crippen LogP contribution is 2.21. The van der Waals surface area contributed by atoms with Crippen molar-refractivity contribution in [3.05, 3.63) is 24.3 Å². The zero-order chi connectivity index (χ0) is 16.8. The first-order chi connectivity index (χ1) is 10.3. The summed E-state index contributed by atoms with van der Waals surface area (Å²) < 4.78 is 30.3. The van der Waals surface area contributed by atoms with Crippen LogP contribution < -0.4 is 14.4 Å². The highest BCUT2D eigenvalue weighted by Gasteiger charge is 2.21. The molecule has 0 spiro atoms. The molecule has 0 aromatic heterocycles. The van der Waals surface area contributed by atoms with Gasteiger partial charge in [-0.15, -0.1) is 0 Å². The molecule has 0 unspecified atom stereocenters. The molecule has 0 saturated carbocycles. The summed E-state index contributed by atoms with van der Waals surface area (Å²) >= 11 is 0. The Bertz CT molecular complexity index is 584. The van der Waals surface area contributed by atoms with Crippen LogP contribution in [0.3, 0.4) is 0 Å². The minimum atomic E-state index is -3.55. The molecular formula is C15H24N2O4S. The van der Waals surface area contributed by atoms with Gasteiger partial charge in [0.05, 0.1) is 18.6 Å². The van der Waals surface area contributed by atoms with E-state index in [0.29, 0.717) is 18.0 Å². The van der Waals surface area contributed by atoms with Crippen molar-refractivity contribution in [3.8, 4) is 5.75 Å². The predicted octanol–water partition coefficient (Wildman–Crippen LogP) is 1.77. The second-order valence-electron chi connectivity index (χ2n) is 5.07. The fourth-order valence-corrected chi connectivity index (χ4v) is 2.68. The number of carbonyl (C=O) groups is 1. The lowest BCUT2D eigenvalue weighted by atomic mass is 10.2. The summed E-state index contributed by atoms with van der Waals surface area (Å²) in [5, 5.41) is 2.76. The van der Waals surface area contributed by atoms with Gasteiger partial charge in [-0.1, -0.05) is 6.92 Å². The molecule has 1 aromatic carbocycles. The molecule has 0 fully saturated rings. The van der Waals surface area contributed by atoms with Crippen molar-refractivity contribution < 1.29 is 17.9 Å². The molecule has 22 heavy (non-hydrogen) atoms. The first kappa shape index (κ1) is 18.3. The summed E-state index contributed by atoms with van der Waals surface area (Å²) in [6.07, 6.45) is 1.87. The standard InChI is InChI=1S/C15H24N2O4S/c1-5-12(3)16-15(18)11-17(22(4,19)20)13-7-9-14(10-8-13)21-6-2/h7-10,12H,5-6,11H2,1-4H3,(H,16,18)/t12-/m1/s1. The molecule has 0 bridgehead atoms. The Morgan fingerprint density at radius 1 is 1.27 bits per heavy atom. The van der Waals surface area contributed by atoms with E-state index >= 15 is 0 Å². The monoisotopic (exact) mass is 328 g/mol. The molecule has 7 heteroatoms. The van der Waals surface area contributed by atoms with Gasteiger partial charge in [0.15, 0.2) is 0 Å². The minimum absolute atomic E-state index is 0.00856. The number of nitrogens with zero attached hydrogens (tertiary/aromatic N) is 1. The van der Waals surface area contributed by atoms with Crippen molar-refractivity contribution in [2.75, 3.05) is 23.7 Å². The summed E-state index contributed by atoms with van der Waals surface area (Å²) in [4.78, 5) is 12.0. The molecule has 0 aliphatic heterocycles. The third kappa shape index (κ3) is 5.55. The Labute approximate surface area is 132 Å². The maximum atomic E-state index is 12.0. The Hall–Kier alpha value is -1.76. The van der Waals surface area contributed by atoms with Crippen molar-refractivity contribution in [3.63, 3.8) is 0 Å². The number of amides is 1. The van der Waals surface area contributed by atoms with Crippen molar-refractivity contribution in [2.24, 2.45) is 0 Å². The number of benzene rings is 1. The average molecular weight is 328 g/mol. The van der Waals surface area contributed by atoms with Crippen LogP contribution in [-0.2, 0) is 14.8 Å².